The number of hydrogen-bond acceptors (Lipinski definition) is 9. The molecule has 2 aromatic carbocycles. The number of aromatic nitrogens is 3. The number of ether oxygens (including phenoxy) is 3. The number of hydrogen-bond donors (Lipinski definition) is 0. The minimum Gasteiger partial charge on any atom is -0.496 e. The van der Waals surface area contributed by atoms with Crippen LogP contribution in [0.3, 0.4) is 0 Å². The Hall–Kier alpha value is -4.35. The number of nitrogens with zero attached hydrogens (tertiary/aromatic N) is 4. The van der Waals surface area contributed by atoms with Gasteiger partial charge in [0.1, 0.15) is 34.4 Å². The highest BCUT2D eigenvalue weighted by atomic mass is 32.1. The van der Waals surface area contributed by atoms with Crippen LogP contribution in [-0.2, 0) is 6.61 Å². The van der Waals surface area contributed by atoms with Crippen LogP contribution in [0.2, 0.25) is 0 Å². The molecule has 0 N–H and O–H groups in total. The second-order valence-corrected chi connectivity index (χ2v) is 11.6. The molecule has 1 amide bonds. The van der Waals surface area contributed by atoms with Crippen LogP contribution in [0.5, 0.6) is 16.6 Å². The fourth-order valence-corrected chi connectivity index (χ4v) is 6.54. The van der Waals surface area contributed by atoms with Crippen LogP contribution in [0.4, 0.5) is 0 Å². The second-order valence-electron chi connectivity index (χ2n) is 9.73. The Bertz CT molecular complexity index is 1830. The van der Waals surface area contributed by atoms with E-state index in [4.69, 9.17) is 23.6 Å². The molecule has 6 aromatic rings. The quantitative estimate of drug-likeness (QED) is 0.195. The minimum absolute atomic E-state index is 0.0993. The third-order valence-electron chi connectivity index (χ3n) is 7.10. The molecule has 11 heteroatoms. The van der Waals surface area contributed by atoms with Gasteiger partial charge in [0.25, 0.3) is 5.91 Å². The maximum Gasteiger partial charge on any atom is 0.253 e. The Labute approximate surface area is 243 Å². The van der Waals surface area contributed by atoms with Crippen LogP contribution in [0.15, 0.2) is 64.7 Å². The van der Waals surface area contributed by atoms with Crippen molar-refractivity contribution in [3.05, 3.63) is 71.5 Å². The molecular formula is C30H26N4O5S2. The van der Waals surface area contributed by atoms with Gasteiger partial charge in [-0.05, 0) is 31.0 Å². The molecule has 0 bridgehead atoms. The van der Waals surface area contributed by atoms with Crippen molar-refractivity contribution >= 4 is 44.5 Å². The smallest absolute Gasteiger partial charge is 0.253 e. The fourth-order valence-electron chi connectivity index (χ4n) is 4.95. The third kappa shape index (κ3) is 4.91. The average molecular weight is 587 g/mol. The van der Waals surface area contributed by atoms with Gasteiger partial charge in [-0.2, -0.15) is 0 Å². The van der Waals surface area contributed by atoms with Crippen LogP contribution in [-0.4, -0.2) is 52.5 Å². The van der Waals surface area contributed by atoms with Gasteiger partial charge in [0.05, 0.1) is 31.5 Å². The van der Waals surface area contributed by atoms with E-state index in [1.54, 1.807) is 25.6 Å². The van der Waals surface area contributed by atoms with Crippen LogP contribution >= 0.6 is 22.7 Å². The molecule has 0 unspecified atom stereocenters. The normalized spacial score (nSPS) is 13.4. The zero-order chi connectivity index (χ0) is 27.9. The molecule has 0 saturated carbocycles. The van der Waals surface area contributed by atoms with Crippen LogP contribution < -0.4 is 14.2 Å². The molecule has 9 nitrogen and oxygen atoms in total. The van der Waals surface area contributed by atoms with Gasteiger partial charge >= 0.3 is 0 Å². The molecule has 41 heavy (non-hydrogen) atoms. The van der Waals surface area contributed by atoms with Crippen LogP contribution in [0.1, 0.15) is 28.9 Å². The summed E-state index contributed by atoms with van der Waals surface area (Å²) in [4.78, 5) is 24.9. The summed E-state index contributed by atoms with van der Waals surface area (Å²) < 4.78 is 25.1. The monoisotopic (exact) mass is 586 g/mol. The van der Waals surface area contributed by atoms with E-state index in [-0.39, 0.29) is 12.5 Å². The molecule has 1 aliphatic rings. The van der Waals surface area contributed by atoms with E-state index < -0.39 is 0 Å². The number of amides is 1. The van der Waals surface area contributed by atoms with Crippen molar-refractivity contribution < 1.29 is 23.4 Å². The largest absolute Gasteiger partial charge is 0.496 e. The van der Waals surface area contributed by atoms with Crippen molar-refractivity contribution in [3.8, 4) is 38.6 Å². The van der Waals surface area contributed by atoms with Crippen molar-refractivity contribution in [2.75, 3.05) is 27.3 Å². The predicted octanol–water partition coefficient (Wildman–Crippen LogP) is 6.76. The van der Waals surface area contributed by atoms with Gasteiger partial charge in [-0.25, -0.2) is 9.97 Å². The van der Waals surface area contributed by atoms with E-state index in [1.165, 1.54) is 11.3 Å². The highest BCUT2D eigenvalue weighted by Gasteiger charge is 2.20. The number of rotatable bonds is 8. The number of furan rings is 1. The SMILES string of the molecule is COc1cc(OCc2csc(-c3ccc(C(=O)N4CCCC4)cc3)n2)c2cc(-c3cn4cc(OC)sc4n3)oc2c1. The van der Waals surface area contributed by atoms with Gasteiger partial charge < -0.3 is 23.5 Å². The van der Waals surface area contributed by atoms with Crippen molar-refractivity contribution in [2.45, 2.75) is 19.4 Å². The predicted molar refractivity (Wildman–Crippen MR) is 158 cm³/mol. The topological polar surface area (TPSA) is 91.3 Å². The molecule has 5 heterocycles. The number of thiazole rings is 2. The minimum atomic E-state index is 0.0993. The summed E-state index contributed by atoms with van der Waals surface area (Å²) in [5.74, 6) is 2.00. The molecule has 0 aliphatic carbocycles. The number of fused-ring (bicyclic) bond motifs is 2. The summed E-state index contributed by atoms with van der Waals surface area (Å²) in [5, 5.41) is 4.48. The number of methoxy groups -OCH3 is 2. The molecule has 1 fully saturated rings. The number of imidazole rings is 1. The number of benzene rings is 2. The first kappa shape index (κ1) is 25.6. The number of carbonyl (C=O) groups excluding carboxylic acids is 1. The van der Waals surface area contributed by atoms with E-state index in [2.05, 4.69) is 4.98 Å². The molecule has 1 saturated heterocycles. The van der Waals surface area contributed by atoms with Gasteiger partial charge in [-0.3, -0.25) is 9.20 Å². The lowest BCUT2D eigenvalue weighted by Gasteiger charge is -2.15. The fraction of sp³-hybridized carbons (Fsp3) is 0.233. The first-order valence-electron chi connectivity index (χ1n) is 13.2. The van der Waals surface area contributed by atoms with Gasteiger partial charge in [-0.1, -0.05) is 23.5 Å². The van der Waals surface area contributed by atoms with Crippen molar-refractivity contribution in [1.29, 1.82) is 0 Å². The van der Waals surface area contributed by atoms with Crippen molar-refractivity contribution in [3.63, 3.8) is 0 Å². The number of likely N-dealkylation sites (tertiary alicyclic amines) is 1. The third-order valence-corrected chi connectivity index (χ3v) is 8.99. The molecule has 1 aliphatic heterocycles. The summed E-state index contributed by atoms with van der Waals surface area (Å²) in [6.07, 6.45) is 5.96. The standard InChI is InChI=1S/C30H26N4O5S2/c1-36-21-11-24(22-13-26(39-25(22)12-21)23-14-34-15-27(37-2)41-30(34)32-23)38-16-20-17-40-28(31-20)18-5-7-19(8-6-18)29(35)33-9-3-4-10-33/h5-8,11-15,17H,3-4,9-10,16H2,1-2H3. The maximum atomic E-state index is 12.7. The van der Waals surface area contributed by atoms with Gasteiger partial charge in [-0.15, -0.1) is 11.3 Å². The Morgan fingerprint density at radius 1 is 1.02 bits per heavy atom. The van der Waals surface area contributed by atoms with Crippen molar-refractivity contribution in [1.82, 2.24) is 19.3 Å². The zero-order valence-electron chi connectivity index (χ0n) is 22.5. The lowest BCUT2D eigenvalue weighted by molar-refractivity contribution is 0.0793. The average Bonchev–Trinajstić information content (AvgIpc) is 3.82. The van der Waals surface area contributed by atoms with E-state index >= 15 is 0 Å². The van der Waals surface area contributed by atoms with Crippen molar-refractivity contribution in [2.24, 2.45) is 0 Å². The summed E-state index contributed by atoms with van der Waals surface area (Å²) in [6.45, 7) is 1.96. The summed E-state index contributed by atoms with van der Waals surface area (Å²) in [7, 11) is 3.26. The first-order chi connectivity index (χ1) is 20.1. The molecule has 7 rings (SSSR count). The maximum absolute atomic E-state index is 12.7. The lowest BCUT2D eigenvalue weighted by atomic mass is 10.1. The van der Waals surface area contributed by atoms with E-state index in [0.717, 1.165) is 63.3 Å². The van der Waals surface area contributed by atoms with Gasteiger partial charge in [0.2, 0.25) is 0 Å². The number of carbonyl (C=O) groups is 1. The van der Waals surface area contributed by atoms with E-state index in [0.29, 0.717) is 28.4 Å². The Morgan fingerprint density at radius 3 is 2.61 bits per heavy atom. The summed E-state index contributed by atoms with van der Waals surface area (Å²) >= 11 is 3.01. The summed E-state index contributed by atoms with van der Waals surface area (Å²) in [6, 6.07) is 13.3. The van der Waals surface area contributed by atoms with Crippen LogP contribution in [0.25, 0.3) is 38.0 Å². The molecule has 0 radical (unpaired) electrons. The second kappa shape index (κ2) is 10.6. The Morgan fingerprint density at radius 2 is 1.85 bits per heavy atom. The van der Waals surface area contributed by atoms with Crippen LogP contribution in [0, 0.1) is 0 Å². The molecular weight excluding hydrogens is 560 g/mol. The molecule has 0 atom stereocenters. The molecule has 0 spiro atoms. The molecule has 4 aromatic heterocycles. The Balaban J connectivity index is 1.09. The highest BCUT2D eigenvalue weighted by Crippen LogP contribution is 2.38. The zero-order valence-corrected chi connectivity index (χ0v) is 24.1. The lowest BCUT2D eigenvalue weighted by Crippen LogP contribution is -2.27. The van der Waals surface area contributed by atoms with Gasteiger partial charge in [0, 0.05) is 47.9 Å². The Kier molecular flexibility index (Phi) is 6.60. The summed E-state index contributed by atoms with van der Waals surface area (Å²) in [5.41, 5.74) is 3.86. The van der Waals surface area contributed by atoms with E-state index in [1.807, 2.05) is 69.5 Å². The molecule has 208 valence electrons. The highest BCUT2D eigenvalue weighted by molar-refractivity contribution is 7.18. The van der Waals surface area contributed by atoms with Gasteiger partial charge in [0.15, 0.2) is 15.8 Å². The first-order valence-corrected chi connectivity index (χ1v) is 14.9. The van der Waals surface area contributed by atoms with E-state index in [9.17, 15) is 4.79 Å².